The van der Waals surface area contributed by atoms with Gasteiger partial charge in [-0.25, -0.2) is 0 Å². The standard InChI is InChI=1S/C14H24N2O2/c1-3-11(5-6-17)10-16-13-7-12(15)8-14(9-13)18-4-2/h7-9,11,16-17H,3-6,10,15H2,1-2H3. The lowest BCUT2D eigenvalue weighted by Crippen LogP contribution is -2.15. The topological polar surface area (TPSA) is 67.5 Å². The molecule has 0 saturated heterocycles. The van der Waals surface area contributed by atoms with Crippen LogP contribution in [0.15, 0.2) is 18.2 Å². The Morgan fingerprint density at radius 1 is 1.33 bits per heavy atom. The van der Waals surface area contributed by atoms with Gasteiger partial charge in [0.15, 0.2) is 0 Å². The molecule has 1 aromatic carbocycles. The van der Waals surface area contributed by atoms with Crippen LogP contribution in [0.4, 0.5) is 11.4 Å². The van der Waals surface area contributed by atoms with Gasteiger partial charge in [-0.15, -0.1) is 0 Å². The van der Waals surface area contributed by atoms with Crippen molar-refractivity contribution in [2.24, 2.45) is 5.92 Å². The predicted octanol–water partition coefficient (Wildman–Crippen LogP) is 2.49. The Kier molecular flexibility index (Phi) is 6.36. The second kappa shape index (κ2) is 7.82. The van der Waals surface area contributed by atoms with Gasteiger partial charge < -0.3 is 20.9 Å². The Balaban J connectivity index is 2.60. The molecule has 0 amide bonds. The highest BCUT2D eigenvalue weighted by Gasteiger charge is 2.06. The van der Waals surface area contributed by atoms with Gasteiger partial charge in [-0.3, -0.25) is 0 Å². The molecule has 102 valence electrons. The quantitative estimate of drug-likeness (QED) is 0.622. The summed E-state index contributed by atoms with van der Waals surface area (Å²) in [5.74, 6) is 1.27. The van der Waals surface area contributed by atoms with E-state index in [0.29, 0.717) is 18.2 Å². The molecule has 1 rings (SSSR count). The second-order valence-corrected chi connectivity index (χ2v) is 4.39. The van der Waals surface area contributed by atoms with Crippen LogP contribution in [-0.2, 0) is 0 Å². The van der Waals surface area contributed by atoms with Crippen molar-refractivity contribution in [1.29, 1.82) is 0 Å². The molecule has 1 aromatic rings. The molecule has 4 heteroatoms. The molecule has 0 aliphatic heterocycles. The van der Waals surface area contributed by atoms with Crippen LogP contribution in [0.5, 0.6) is 5.75 Å². The van der Waals surface area contributed by atoms with Crippen molar-refractivity contribution < 1.29 is 9.84 Å². The summed E-state index contributed by atoms with van der Waals surface area (Å²) in [5, 5.41) is 12.3. The van der Waals surface area contributed by atoms with E-state index in [-0.39, 0.29) is 6.61 Å². The van der Waals surface area contributed by atoms with Crippen molar-refractivity contribution in [1.82, 2.24) is 0 Å². The van der Waals surface area contributed by atoms with Gasteiger partial charge in [0.1, 0.15) is 5.75 Å². The Bertz CT molecular complexity index is 356. The van der Waals surface area contributed by atoms with Crippen LogP contribution in [-0.4, -0.2) is 24.9 Å². The molecule has 4 N–H and O–H groups in total. The van der Waals surface area contributed by atoms with Gasteiger partial charge in [-0.05, 0) is 25.3 Å². The largest absolute Gasteiger partial charge is 0.494 e. The summed E-state index contributed by atoms with van der Waals surface area (Å²) in [4.78, 5) is 0. The number of hydrogen-bond donors (Lipinski definition) is 3. The fourth-order valence-corrected chi connectivity index (χ4v) is 1.87. The predicted molar refractivity (Wildman–Crippen MR) is 76.0 cm³/mol. The summed E-state index contributed by atoms with van der Waals surface area (Å²) in [5.41, 5.74) is 7.49. The van der Waals surface area contributed by atoms with Crippen molar-refractivity contribution in [3.8, 4) is 5.75 Å². The van der Waals surface area contributed by atoms with Crippen LogP contribution in [0.2, 0.25) is 0 Å². The van der Waals surface area contributed by atoms with Crippen LogP contribution >= 0.6 is 0 Å². The number of nitrogens with two attached hydrogens (primary N) is 1. The third kappa shape index (κ3) is 4.84. The minimum atomic E-state index is 0.237. The number of hydrogen-bond acceptors (Lipinski definition) is 4. The zero-order valence-corrected chi connectivity index (χ0v) is 11.3. The number of nitrogens with one attached hydrogen (secondary N) is 1. The third-order valence-electron chi connectivity index (χ3n) is 2.95. The zero-order valence-electron chi connectivity index (χ0n) is 11.3. The van der Waals surface area contributed by atoms with E-state index in [1.807, 2.05) is 25.1 Å². The number of anilines is 2. The summed E-state index contributed by atoms with van der Waals surface area (Å²) in [6, 6.07) is 5.67. The molecule has 18 heavy (non-hydrogen) atoms. The number of rotatable bonds is 8. The molecule has 0 aromatic heterocycles. The van der Waals surface area contributed by atoms with Crippen molar-refractivity contribution in [3.63, 3.8) is 0 Å². The van der Waals surface area contributed by atoms with Gasteiger partial charge in [-0.1, -0.05) is 13.3 Å². The van der Waals surface area contributed by atoms with E-state index < -0.39 is 0 Å². The maximum Gasteiger partial charge on any atom is 0.123 e. The average Bonchev–Trinajstić information content (AvgIpc) is 2.34. The number of benzene rings is 1. The van der Waals surface area contributed by atoms with E-state index in [4.69, 9.17) is 15.6 Å². The van der Waals surface area contributed by atoms with E-state index in [0.717, 1.165) is 30.8 Å². The van der Waals surface area contributed by atoms with E-state index in [1.54, 1.807) is 0 Å². The van der Waals surface area contributed by atoms with E-state index in [1.165, 1.54) is 0 Å². The maximum atomic E-state index is 8.96. The first-order valence-corrected chi connectivity index (χ1v) is 6.57. The average molecular weight is 252 g/mol. The van der Waals surface area contributed by atoms with Gasteiger partial charge in [0.05, 0.1) is 6.61 Å². The van der Waals surface area contributed by atoms with Gasteiger partial charge >= 0.3 is 0 Å². The number of aliphatic hydroxyl groups is 1. The van der Waals surface area contributed by atoms with Gasteiger partial charge in [0.25, 0.3) is 0 Å². The Morgan fingerprint density at radius 3 is 2.72 bits per heavy atom. The Labute approximate surface area is 109 Å². The Hall–Kier alpha value is -1.42. The fourth-order valence-electron chi connectivity index (χ4n) is 1.87. The number of nitrogen functional groups attached to an aromatic ring is 1. The van der Waals surface area contributed by atoms with Gasteiger partial charge in [0, 0.05) is 36.7 Å². The van der Waals surface area contributed by atoms with E-state index in [9.17, 15) is 0 Å². The van der Waals surface area contributed by atoms with Gasteiger partial charge in [0.2, 0.25) is 0 Å². The molecule has 0 saturated carbocycles. The van der Waals surface area contributed by atoms with Crippen LogP contribution in [0.3, 0.4) is 0 Å². The normalized spacial score (nSPS) is 12.2. The number of ether oxygens (including phenoxy) is 1. The molecule has 0 heterocycles. The van der Waals surface area contributed by atoms with E-state index >= 15 is 0 Å². The summed E-state index contributed by atoms with van der Waals surface area (Å²) in [6.45, 7) is 5.79. The first-order chi connectivity index (χ1) is 8.69. The molecule has 0 fully saturated rings. The van der Waals surface area contributed by atoms with Crippen molar-refractivity contribution in [2.45, 2.75) is 26.7 Å². The van der Waals surface area contributed by atoms with Crippen LogP contribution in [0.25, 0.3) is 0 Å². The van der Waals surface area contributed by atoms with Crippen LogP contribution in [0.1, 0.15) is 26.7 Å². The molecule has 1 atom stereocenters. The molecule has 4 nitrogen and oxygen atoms in total. The zero-order chi connectivity index (χ0) is 13.4. The lowest BCUT2D eigenvalue weighted by Gasteiger charge is -2.16. The molecular weight excluding hydrogens is 228 g/mol. The SMILES string of the molecule is CCOc1cc(N)cc(NCC(CC)CCO)c1. The highest BCUT2D eigenvalue weighted by Crippen LogP contribution is 2.23. The van der Waals surface area contributed by atoms with Crippen LogP contribution < -0.4 is 15.8 Å². The summed E-state index contributed by atoms with van der Waals surface area (Å²) < 4.78 is 5.45. The first kappa shape index (κ1) is 14.6. The van der Waals surface area contributed by atoms with Crippen LogP contribution in [0, 0.1) is 5.92 Å². The third-order valence-corrected chi connectivity index (χ3v) is 2.95. The molecule has 1 unspecified atom stereocenters. The fraction of sp³-hybridized carbons (Fsp3) is 0.571. The van der Waals surface area contributed by atoms with Crippen molar-refractivity contribution in [3.05, 3.63) is 18.2 Å². The smallest absolute Gasteiger partial charge is 0.123 e. The van der Waals surface area contributed by atoms with Crippen molar-refractivity contribution in [2.75, 3.05) is 30.8 Å². The van der Waals surface area contributed by atoms with Gasteiger partial charge in [-0.2, -0.15) is 0 Å². The molecule has 0 radical (unpaired) electrons. The molecular formula is C14H24N2O2. The summed E-state index contributed by atoms with van der Waals surface area (Å²) >= 11 is 0. The lowest BCUT2D eigenvalue weighted by atomic mass is 10.0. The molecule has 0 bridgehead atoms. The second-order valence-electron chi connectivity index (χ2n) is 4.39. The molecule has 0 aliphatic carbocycles. The molecule has 0 spiro atoms. The van der Waals surface area contributed by atoms with Crippen molar-refractivity contribution >= 4 is 11.4 Å². The molecule has 0 aliphatic rings. The van der Waals surface area contributed by atoms with E-state index in [2.05, 4.69) is 12.2 Å². The maximum absolute atomic E-state index is 8.96. The minimum absolute atomic E-state index is 0.237. The highest BCUT2D eigenvalue weighted by molar-refractivity contribution is 5.59. The summed E-state index contributed by atoms with van der Waals surface area (Å²) in [7, 11) is 0. The first-order valence-electron chi connectivity index (χ1n) is 6.57. The highest BCUT2D eigenvalue weighted by atomic mass is 16.5. The minimum Gasteiger partial charge on any atom is -0.494 e. The lowest BCUT2D eigenvalue weighted by molar-refractivity contribution is 0.258. The Morgan fingerprint density at radius 2 is 2.11 bits per heavy atom. The monoisotopic (exact) mass is 252 g/mol. The summed E-state index contributed by atoms with van der Waals surface area (Å²) in [6.07, 6.45) is 1.87. The number of aliphatic hydroxyl groups excluding tert-OH is 1.